The summed E-state index contributed by atoms with van der Waals surface area (Å²) in [6, 6.07) is 18.4. The number of aliphatic hydroxyl groups excluding tert-OH is 1. The number of hydrogen-bond donors (Lipinski definition) is 3. The largest absolute Gasteiger partial charge is 0.394 e. The molecular formula is C16H18N2O2. The predicted molar refractivity (Wildman–Crippen MR) is 78.1 cm³/mol. The molecule has 0 bridgehead atoms. The molecule has 0 heterocycles. The van der Waals surface area contributed by atoms with Gasteiger partial charge < -0.3 is 15.7 Å². The van der Waals surface area contributed by atoms with Crippen LogP contribution in [-0.4, -0.2) is 17.7 Å². The molecule has 104 valence electrons. The van der Waals surface area contributed by atoms with Crippen molar-refractivity contribution in [3.8, 4) is 0 Å². The smallest absolute Gasteiger partial charge is 0.315 e. The number of carbonyl (C=O) groups excluding carboxylic acids is 1. The van der Waals surface area contributed by atoms with Gasteiger partial charge in [0.15, 0.2) is 0 Å². The highest BCUT2D eigenvalue weighted by Crippen LogP contribution is 2.11. The van der Waals surface area contributed by atoms with Crippen molar-refractivity contribution in [3.63, 3.8) is 0 Å². The maximum atomic E-state index is 11.8. The van der Waals surface area contributed by atoms with Gasteiger partial charge in [-0.15, -0.1) is 0 Å². The zero-order chi connectivity index (χ0) is 14.2. The van der Waals surface area contributed by atoms with Crippen molar-refractivity contribution in [1.29, 1.82) is 0 Å². The van der Waals surface area contributed by atoms with Crippen LogP contribution in [0.4, 0.5) is 4.79 Å². The summed E-state index contributed by atoms with van der Waals surface area (Å²) in [6.45, 7) is 0.322. The summed E-state index contributed by atoms with van der Waals surface area (Å²) in [5, 5.41) is 14.9. The minimum absolute atomic E-state index is 0.136. The van der Waals surface area contributed by atoms with Crippen LogP contribution in [-0.2, 0) is 6.54 Å². The first kappa shape index (κ1) is 14.1. The third kappa shape index (κ3) is 4.10. The Bertz CT molecular complexity index is 529. The van der Waals surface area contributed by atoms with Crippen LogP contribution in [0.2, 0.25) is 0 Å². The molecule has 0 aliphatic heterocycles. The van der Waals surface area contributed by atoms with Gasteiger partial charge in [0, 0.05) is 6.54 Å². The van der Waals surface area contributed by atoms with Gasteiger partial charge in [-0.1, -0.05) is 60.7 Å². The Morgan fingerprint density at radius 2 is 1.60 bits per heavy atom. The maximum absolute atomic E-state index is 11.8. The van der Waals surface area contributed by atoms with E-state index in [1.165, 1.54) is 0 Å². The molecule has 0 aliphatic rings. The van der Waals surface area contributed by atoms with Crippen molar-refractivity contribution in [2.24, 2.45) is 0 Å². The second-order valence-electron chi connectivity index (χ2n) is 4.46. The molecule has 0 saturated carbocycles. The van der Waals surface area contributed by atoms with Crippen molar-refractivity contribution in [1.82, 2.24) is 10.6 Å². The van der Waals surface area contributed by atoms with E-state index in [1.807, 2.05) is 60.7 Å². The topological polar surface area (TPSA) is 61.4 Å². The molecule has 20 heavy (non-hydrogen) atoms. The zero-order valence-electron chi connectivity index (χ0n) is 11.1. The van der Waals surface area contributed by atoms with E-state index in [1.54, 1.807) is 0 Å². The highest BCUT2D eigenvalue weighted by molar-refractivity contribution is 5.74. The first-order valence-corrected chi connectivity index (χ1v) is 6.53. The monoisotopic (exact) mass is 270 g/mol. The fraction of sp³-hybridized carbons (Fsp3) is 0.188. The van der Waals surface area contributed by atoms with E-state index in [0.29, 0.717) is 6.54 Å². The van der Waals surface area contributed by atoms with Crippen LogP contribution in [0.1, 0.15) is 17.2 Å². The molecule has 2 aromatic carbocycles. The van der Waals surface area contributed by atoms with Crippen LogP contribution in [0.15, 0.2) is 60.7 Å². The van der Waals surface area contributed by atoms with Crippen molar-refractivity contribution in [3.05, 3.63) is 71.8 Å². The average Bonchev–Trinajstić information content (AvgIpc) is 2.52. The third-order valence-corrected chi connectivity index (χ3v) is 2.99. The fourth-order valence-electron chi connectivity index (χ4n) is 1.91. The molecule has 2 amide bonds. The molecule has 0 saturated heterocycles. The van der Waals surface area contributed by atoms with Gasteiger partial charge in [-0.2, -0.15) is 0 Å². The second-order valence-corrected chi connectivity index (χ2v) is 4.46. The zero-order valence-corrected chi connectivity index (χ0v) is 11.1. The summed E-state index contributed by atoms with van der Waals surface area (Å²) in [6.07, 6.45) is 0. The molecule has 0 spiro atoms. The van der Waals surface area contributed by atoms with Gasteiger partial charge in [0.25, 0.3) is 0 Å². The first-order chi connectivity index (χ1) is 9.79. The Morgan fingerprint density at radius 1 is 1.00 bits per heavy atom. The maximum Gasteiger partial charge on any atom is 0.315 e. The Kier molecular flexibility index (Phi) is 5.15. The van der Waals surface area contributed by atoms with E-state index in [0.717, 1.165) is 11.1 Å². The predicted octanol–water partition coefficient (Wildman–Crippen LogP) is 2.22. The molecule has 0 fully saturated rings. The molecule has 4 nitrogen and oxygen atoms in total. The Labute approximate surface area is 118 Å². The minimum atomic E-state index is -0.396. The molecule has 0 aromatic heterocycles. The number of benzene rings is 2. The number of hydrogen-bond acceptors (Lipinski definition) is 2. The number of aliphatic hydroxyl groups is 1. The lowest BCUT2D eigenvalue weighted by atomic mass is 10.1. The van der Waals surface area contributed by atoms with Gasteiger partial charge in [0.05, 0.1) is 12.6 Å². The number of amides is 2. The lowest BCUT2D eigenvalue weighted by Crippen LogP contribution is -2.38. The molecule has 1 atom stereocenters. The van der Waals surface area contributed by atoms with Gasteiger partial charge in [-0.3, -0.25) is 0 Å². The fourth-order valence-corrected chi connectivity index (χ4v) is 1.91. The number of urea groups is 1. The van der Waals surface area contributed by atoms with Crippen LogP contribution in [0.3, 0.4) is 0 Å². The van der Waals surface area contributed by atoms with Gasteiger partial charge in [0.1, 0.15) is 0 Å². The average molecular weight is 270 g/mol. The summed E-state index contributed by atoms with van der Waals surface area (Å²) in [4.78, 5) is 11.8. The highest BCUT2D eigenvalue weighted by Gasteiger charge is 2.12. The molecule has 2 rings (SSSR count). The van der Waals surface area contributed by atoms with Gasteiger partial charge in [-0.05, 0) is 11.1 Å². The number of carbonyl (C=O) groups is 1. The molecule has 4 heteroatoms. The van der Waals surface area contributed by atoms with E-state index in [4.69, 9.17) is 0 Å². The van der Waals surface area contributed by atoms with Crippen LogP contribution in [0.5, 0.6) is 0 Å². The summed E-state index contributed by atoms with van der Waals surface area (Å²) in [7, 11) is 0. The van der Waals surface area contributed by atoms with E-state index in [2.05, 4.69) is 10.6 Å². The standard InChI is InChI=1S/C16H18N2O2/c19-12-15(14-9-5-2-6-10-14)18-16(20)17-11-13-7-3-1-4-8-13/h1-10,15,19H,11-12H2,(H2,17,18,20). The van der Waals surface area contributed by atoms with Crippen molar-refractivity contribution < 1.29 is 9.90 Å². The summed E-state index contributed by atoms with van der Waals surface area (Å²) in [5.41, 5.74) is 1.91. The SMILES string of the molecule is O=C(NCc1ccccc1)NC(CO)c1ccccc1. The normalized spacial score (nSPS) is 11.7. The van der Waals surface area contributed by atoms with Crippen molar-refractivity contribution in [2.45, 2.75) is 12.6 Å². The molecule has 0 radical (unpaired) electrons. The van der Waals surface area contributed by atoms with E-state index >= 15 is 0 Å². The highest BCUT2D eigenvalue weighted by atomic mass is 16.3. The molecular weight excluding hydrogens is 252 g/mol. The quantitative estimate of drug-likeness (QED) is 0.780. The second kappa shape index (κ2) is 7.31. The van der Waals surface area contributed by atoms with Crippen LogP contribution < -0.4 is 10.6 Å². The first-order valence-electron chi connectivity index (χ1n) is 6.53. The molecule has 3 N–H and O–H groups in total. The molecule has 0 aliphatic carbocycles. The van der Waals surface area contributed by atoms with Crippen LogP contribution in [0.25, 0.3) is 0 Å². The van der Waals surface area contributed by atoms with Gasteiger partial charge >= 0.3 is 6.03 Å². The Balaban J connectivity index is 1.87. The van der Waals surface area contributed by atoms with Crippen LogP contribution in [0, 0.1) is 0 Å². The molecule has 2 aromatic rings. The summed E-state index contributed by atoms with van der Waals surface area (Å²) in [5.74, 6) is 0. The molecule has 1 unspecified atom stereocenters. The van der Waals surface area contributed by atoms with E-state index in [9.17, 15) is 9.90 Å². The van der Waals surface area contributed by atoms with Crippen LogP contribution >= 0.6 is 0 Å². The Morgan fingerprint density at radius 3 is 2.20 bits per heavy atom. The van der Waals surface area contributed by atoms with Crippen molar-refractivity contribution >= 4 is 6.03 Å². The minimum Gasteiger partial charge on any atom is -0.394 e. The summed E-state index contributed by atoms with van der Waals surface area (Å²) >= 11 is 0. The third-order valence-electron chi connectivity index (χ3n) is 2.99. The van der Waals surface area contributed by atoms with E-state index < -0.39 is 6.04 Å². The number of rotatable bonds is 5. The van der Waals surface area contributed by atoms with Crippen molar-refractivity contribution in [2.75, 3.05) is 6.61 Å². The lowest BCUT2D eigenvalue weighted by Gasteiger charge is -2.17. The van der Waals surface area contributed by atoms with E-state index in [-0.39, 0.29) is 12.6 Å². The van der Waals surface area contributed by atoms with Gasteiger partial charge in [0.2, 0.25) is 0 Å². The number of nitrogens with one attached hydrogen (secondary N) is 2. The Hall–Kier alpha value is -2.33. The summed E-state index contributed by atoms with van der Waals surface area (Å²) < 4.78 is 0. The van der Waals surface area contributed by atoms with Gasteiger partial charge in [-0.25, -0.2) is 4.79 Å². The lowest BCUT2D eigenvalue weighted by molar-refractivity contribution is 0.216.